The summed E-state index contributed by atoms with van der Waals surface area (Å²) in [6.45, 7) is 0. The van der Waals surface area contributed by atoms with Crippen LogP contribution in [0.1, 0.15) is 20.8 Å². The predicted octanol–water partition coefficient (Wildman–Crippen LogP) is 5.65. The second kappa shape index (κ2) is 7.98. The number of amides is 1. The molecule has 4 aromatic rings. The van der Waals surface area contributed by atoms with Crippen LogP contribution >= 0.6 is 11.3 Å². The standard InChI is InChI=1S/C23H18N2OS/c26-22(20-13-11-19(12-14-20)18-9-5-2-6-10-18)25-23-24-16-21(27-23)15-17-7-3-1-4-8-17/h1-14,16H,15H2,(H,24,25,26). The van der Waals surface area contributed by atoms with Gasteiger partial charge in [-0.2, -0.15) is 0 Å². The van der Waals surface area contributed by atoms with E-state index in [1.807, 2.05) is 66.9 Å². The zero-order chi connectivity index (χ0) is 18.5. The average Bonchev–Trinajstić information content (AvgIpc) is 3.16. The van der Waals surface area contributed by atoms with E-state index in [0.29, 0.717) is 10.7 Å². The molecule has 0 bridgehead atoms. The van der Waals surface area contributed by atoms with Crippen molar-refractivity contribution in [2.45, 2.75) is 6.42 Å². The van der Waals surface area contributed by atoms with E-state index >= 15 is 0 Å². The van der Waals surface area contributed by atoms with Crippen LogP contribution < -0.4 is 5.32 Å². The fourth-order valence-corrected chi connectivity index (χ4v) is 3.70. The number of nitrogens with one attached hydrogen (secondary N) is 1. The Morgan fingerprint density at radius 1 is 0.815 bits per heavy atom. The fraction of sp³-hybridized carbons (Fsp3) is 0.0435. The van der Waals surface area contributed by atoms with Crippen LogP contribution in [0.4, 0.5) is 5.13 Å². The molecule has 1 N–H and O–H groups in total. The monoisotopic (exact) mass is 370 g/mol. The molecule has 0 spiro atoms. The number of carbonyl (C=O) groups is 1. The van der Waals surface area contributed by atoms with Crippen molar-refractivity contribution in [3.63, 3.8) is 0 Å². The number of hydrogen-bond acceptors (Lipinski definition) is 3. The van der Waals surface area contributed by atoms with Crippen molar-refractivity contribution in [3.8, 4) is 11.1 Å². The van der Waals surface area contributed by atoms with Gasteiger partial charge in [0.1, 0.15) is 0 Å². The van der Waals surface area contributed by atoms with Crippen molar-refractivity contribution in [1.29, 1.82) is 0 Å². The molecule has 3 aromatic carbocycles. The molecule has 0 aliphatic carbocycles. The summed E-state index contributed by atoms with van der Waals surface area (Å²) < 4.78 is 0. The minimum Gasteiger partial charge on any atom is -0.298 e. The Bertz CT molecular complexity index is 1020. The molecule has 0 radical (unpaired) electrons. The van der Waals surface area contributed by atoms with Crippen LogP contribution in [0.3, 0.4) is 0 Å². The highest BCUT2D eigenvalue weighted by Crippen LogP contribution is 2.23. The maximum atomic E-state index is 12.5. The number of anilines is 1. The number of nitrogens with zero attached hydrogens (tertiary/aromatic N) is 1. The first-order valence-corrected chi connectivity index (χ1v) is 9.55. The van der Waals surface area contributed by atoms with Crippen molar-refractivity contribution in [2.75, 3.05) is 5.32 Å². The van der Waals surface area contributed by atoms with Crippen LogP contribution in [0.25, 0.3) is 11.1 Å². The van der Waals surface area contributed by atoms with Crippen molar-refractivity contribution >= 4 is 22.4 Å². The minimum absolute atomic E-state index is 0.143. The second-order valence-electron chi connectivity index (χ2n) is 6.19. The first-order valence-electron chi connectivity index (χ1n) is 8.73. The predicted molar refractivity (Wildman–Crippen MR) is 111 cm³/mol. The van der Waals surface area contributed by atoms with Gasteiger partial charge < -0.3 is 0 Å². The number of hydrogen-bond donors (Lipinski definition) is 1. The summed E-state index contributed by atoms with van der Waals surface area (Å²) in [6.07, 6.45) is 2.64. The van der Waals surface area contributed by atoms with Gasteiger partial charge >= 0.3 is 0 Å². The molecule has 1 heterocycles. The molecule has 27 heavy (non-hydrogen) atoms. The maximum Gasteiger partial charge on any atom is 0.257 e. The van der Waals surface area contributed by atoms with Crippen molar-refractivity contribution in [3.05, 3.63) is 107 Å². The maximum absolute atomic E-state index is 12.5. The van der Waals surface area contributed by atoms with E-state index < -0.39 is 0 Å². The number of benzene rings is 3. The highest BCUT2D eigenvalue weighted by atomic mass is 32.1. The number of rotatable bonds is 5. The van der Waals surface area contributed by atoms with Gasteiger partial charge in [-0.25, -0.2) is 4.98 Å². The molecule has 0 saturated heterocycles. The van der Waals surface area contributed by atoms with Crippen LogP contribution in [-0.2, 0) is 6.42 Å². The summed E-state index contributed by atoms with van der Waals surface area (Å²) in [5.74, 6) is -0.143. The molecule has 4 rings (SSSR count). The Labute approximate surface area is 162 Å². The van der Waals surface area contributed by atoms with Gasteiger partial charge in [0.25, 0.3) is 5.91 Å². The summed E-state index contributed by atoms with van der Waals surface area (Å²) in [6, 6.07) is 28.0. The molecular formula is C23H18N2OS. The lowest BCUT2D eigenvalue weighted by Gasteiger charge is -2.04. The van der Waals surface area contributed by atoms with Gasteiger partial charge in [-0.15, -0.1) is 11.3 Å². The van der Waals surface area contributed by atoms with Gasteiger partial charge in [0.15, 0.2) is 5.13 Å². The Kier molecular flexibility index (Phi) is 5.08. The van der Waals surface area contributed by atoms with E-state index in [-0.39, 0.29) is 5.91 Å². The SMILES string of the molecule is O=C(Nc1ncc(Cc2ccccc2)s1)c1ccc(-c2ccccc2)cc1. The molecule has 0 atom stereocenters. The van der Waals surface area contributed by atoms with Crippen LogP contribution in [0, 0.1) is 0 Å². The highest BCUT2D eigenvalue weighted by molar-refractivity contribution is 7.15. The lowest BCUT2D eigenvalue weighted by molar-refractivity contribution is 0.102. The summed E-state index contributed by atoms with van der Waals surface area (Å²) in [5, 5.41) is 3.52. The fourth-order valence-electron chi connectivity index (χ4n) is 2.86. The molecule has 0 aliphatic heterocycles. The molecule has 0 fully saturated rings. The molecule has 3 nitrogen and oxygen atoms in total. The topological polar surface area (TPSA) is 42.0 Å². The molecule has 1 amide bonds. The van der Waals surface area contributed by atoms with Crippen LogP contribution in [0.15, 0.2) is 91.1 Å². The van der Waals surface area contributed by atoms with E-state index in [1.54, 1.807) is 0 Å². The molecule has 0 aliphatic rings. The molecule has 4 heteroatoms. The summed E-state index contributed by atoms with van der Waals surface area (Å²) in [4.78, 5) is 17.9. The van der Waals surface area contributed by atoms with Gasteiger partial charge in [0, 0.05) is 23.1 Å². The van der Waals surface area contributed by atoms with Crippen LogP contribution in [0.5, 0.6) is 0 Å². The number of thiazole rings is 1. The highest BCUT2D eigenvalue weighted by Gasteiger charge is 2.10. The van der Waals surface area contributed by atoms with E-state index in [0.717, 1.165) is 22.4 Å². The first kappa shape index (κ1) is 17.2. The Balaban J connectivity index is 1.42. The smallest absolute Gasteiger partial charge is 0.257 e. The van der Waals surface area contributed by atoms with Crippen LogP contribution in [0.2, 0.25) is 0 Å². The quantitative estimate of drug-likeness (QED) is 0.493. The van der Waals surface area contributed by atoms with Gasteiger partial charge in [-0.05, 0) is 28.8 Å². The third-order valence-corrected chi connectivity index (χ3v) is 5.16. The van der Waals surface area contributed by atoms with Gasteiger partial charge in [0.2, 0.25) is 0 Å². The van der Waals surface area contributed by atoms with E-state index in [4.69, 9.17) is 0 Å². The average molecular weight is 370 g/mol. The van der Waals surface area contributed by atoms with Gasteiger partial charge in [-0.3, -0.25) is 10.1 Å². The molecule has 0 unspecified atom stereocenters. The van der Waals surface area contributed by atoms with Crippen molar-refractivity contribution in [2.24, 2.45) is 0 Å². The van der Waals surface area contributed by atoms with E-state index in [2.05, 4.69) is 34.6 Å². The lowest BCUT2D eigenvalue weighted by atomic mass is 10.0. The largest absolute Gasteiger partial charge is 0.298 e. The van der Waals surface area contributed by atoms with Crippen molar-refractivity contribution < 1.29 is 4.79 Å². The zero-order valence-electron chi connectivity index (χ0n) is 14.6. The molecular weight excluding hydrogens is 352 g/mol. The Morgan fingerprint density at radius 3 is 2.15 bits per heavy atom. The second-order valence-corrected chi connectivity index (χ2v) is 7.31. The third kappa shape index (κ3) is 4.30. The minimum atomic E-state index is -0.143. The third-order valence-electron chi connectivity index (χ3n) is 4.25. The van der Waals surface area contributed by atoms with Gasteiger partial charge in [0.05, 0.1) is 0 Å². The summed E-state index contributed by atoms with van der Waals surface area (Å²) in [7, 11) is 0. The number of carbonyl (C=O) groups excluding carboxylic acids is 1. The Hall–Kier alpha value is -3.24. The Morgan fingerprint density at radius 2 is 1.44 bits per heavy atom. The first-order chi connectivity index (χ1) is 13.3. The zero-order valence-corrected chi connectivity index (χ0v) is 15.4. The summed E-state index contributed by atoms with van der Waals surface area (Å²) >= 11 is 1.51. The van der Waals surface area contributed by atoms with Gasteiger partial charge in [-0.1, -0.05) is 72.8 Å². The summed E-state index contributed by atoms with van der Waals surface area (Å²) in [5.41, 5.74) is 4.08. The van der Waals surface area contributed by atoms with E-state index in [1.165, 1.54) is 16.9 Å². The van der Waals surface area contributed by atoms with Crippen LogP contribution in [-0.4, -0.2) is 10.9 Å². The molecule has 0 saturated carbocycles. The normalized spacial score (nSPS) is 10.5. The molecule has 132 valence electrons. The molecule has 1 aromatic heterocycles. The number of aromatic nitrogens is 1. The lowest BCUT2D eigenvalue weighted by Crippen LogP contribution is -2.11. The van der Waals surface area contributed by atoms with E-state index in [9.17, 15) is 4.79 Å². The van der Waals surface area contributed by atoms with Crippen molar-refractivity contribution in [1.82, 2.24) is 4.98 Å².